The number of rotatable bonds is 3. The van der Waals surface area contributed by atoms with Gasteiger partial charge in [0.15, 0.2) is 5.78 Å². The molecule has 2 saturated carbocycles. The molecule has 2 fully saturated rings. The van der Waals surface area contributed by atoms with E-state index >= 15 is 0 Å². The Hall–Kier alpha value is -2.50. The molecular weight excluding hydrogens is 428 g/mol. The summed E-state index contributed by atoms with van der Waals surface area (Å²) in [6, 6.07) is 9.42. The van der Waals surface area contributed by atoms with Gasteiger partial charge in [-0.2, -0.15) is 0 Å². The van der Waals surface area contributed by atoms with E-state index in [4.69, 9.17) is 4.74 Å². The highest BCUT2D eigenvalue weighted by molar-refractivity contribution is 6.02. The second kappa shape index (κ2) is 8.94. The number of carbonyl (C=O) groups is 2. The first kappa shape index (κ1) is 24.6. The molecule has 0 bridgehead atoms. The molecule has 0 aliphatic heterocycles. The first-order valence-electron chi connectivity index (χ1n) is 12.2. The fourth-order valence-electron chi connectivity index (χ4n) is 6.08. The number of fused-ring (bicyclic) bond motifs is 2. The van der Waals surface area contributed by atoms with E-state index in [-0.39, 0.29) is 29.5 Å². The highest BCUT2D eigenvalue weighted by atomic mass is 16.5. The number of esters is 1. The van der Waals surface area contributed by atoms with Crippen LogP contribution in [0.1, 0.15) is 53.0 Å². The van der Waals surface area contributed by atoms with Crippen molar-refractivity contribution in [3.63, 3.8) is 0 Å². The van der Waals surface area contributed by atoms with Crippen LogP contribution < -0.4 is 0 Å². The lowest BCUT2D eigenvalue weighted by Gasteiger charge is -2.36. The third-order valence-corrected chi connectivity index (χ3v) is 8.38. The topological polar surface area (TPSA) is 83.8 Å². The molecule has 0 saturated heterocycles. The van der Waals surface area contributed by atoms with Crippen molar-refractivity contribution in [2.45, 2.75) is 65.3 Å². The SMILES string of the molecule is CC1=CC[C@H]2[C@H](/C=C(/C)C(=O)[C@@]3(O)C[C@H](C)[C@H](O)[C@@H]3[C@H]1OC(=O)/C=C/c1ccccc1)C2(C)C. The van der Waals surface area contributed by atoms with Gasteiger partial charge in [0.25, 0.3) is 0 Å². The molecule has 3 aliphatic carbocycles. The molecule has 0 unspecified atom stereocenters. The lowest BCUT2D eigenvalue weighted by atomic mass is 9.77. The highest BCUT2D eigenvalue weighted by Gasteiger charge is 2.61. The fraction of sp³-hybridized carbons (Fsp3) is 0.517. The number of ketones is 1. The lowest BCUT2D eigenvalue weighted by Crippen LogP contribution is -2.52. The summed E-state index contributed by atoms with van der Waals surface area (Å²) >= 11 is 0. The van der Waals surface area contributed by atoms with Crippen molar-refractivity contribution < 1.29 is 24.5 Å². The zero-order chi connectivity index (χ0) is 24.8. The number of hydrogen-bond acceptors (Lipinski definition) is 5. The second-order valence-electron chi connectivity index (χ2n) is 11.0. The molecule has 0 spiro atoms. The Balaban J connectivity index is 1.71. The minimum atomic E-state index is -1.80. The minimum Gasteiger partial charge on any atom is -0.454 e. The molecule has 34 heavy (non-hydrogen) atoms. The van der Waals surface area contributed by atoms with Crippen LogP contribution in [0.15, 0.2) is 59.7 Å². The van der Waals surface area contributed by atoms with Gasteiger partial charge in [0.2, 0.25) is 0 Å². The van der Waals surface area contributed by atoms with E-state index in [0.29, 0.717) is 11.5 Å². The van der Waals surface area contributed by atoms with Crippen molar-refractivity contribution in [3.8, 4) is 0 Å². The first-order valence-corrected chi connectivity index (χ1v) is 12.2. The lowest BCUT2D eigenvalue weighted by molar-refractivity contribution is -0.158. The Labute approximate surface area is 202 Å². The Bertz CT molecular complexity index is 1050. The van der Waals surface area contributed by atoms with Gasteiger partial charge in [-0.3, -0.25) is 4.79 Å². The Morgan fingerprint density at radius 3 is 2.53 bits per heavy atom. The molecule has 5 heteroatoms. The number of benzene rings is 1. The standard InChI is InChI=1S/C29H36O5/c1-17-11-13-21-22(28(21,4)5)15-18(2)27(32)29(33)16-19(3)25(31)24(29)26(17)34-23(30)14-12-20-9-7-6-8-10-20/h6-12,14-15,19,21-22,24-26,31,33H,13,16H2,1-5H3/b14-12+,17-11?,18-15-/t19-,21-,22-,24+,25-,26-,29+/m0/s1. The second-order valence-corrected chi connectivity index (χ2v) is 11.0. The van der Waals surface area contributed by atoms with E-state index < -0.39 is 29.7 Å². The van der Waals surface area contributed by atoms with Gasteiger partial charge in [-0.25, -0.2) is 4.79 Å². The van der Waals surface area contributed by atoms with Crippen LogP contribution in [0.25, 0.3) is 6.08 Å². The summed E-state index contributed by atoms with van der Waals surface area (Å²) in [5.74, 6) is -1.58. The smallest absolute Gasteiger partial charge is 0.331 e. The van der Waals surface area contributed by atoms with E-state index in [2.05, 4.69) is 19.9 Å². The Kier molecular flexibility index (Phi) is 6.47. The van der Waals surface area contributed by atoms with Crippen LogP contribution in [-0.2, 0) is 14.3 Å². The van der Waals surface area contributed by atoms with Gasteiger partial charge in [0, 0.05) is 6.08 Å². The molecule has 0 heterocycles. The predicted molar refractivity (Wildman–Crippen MR) is 131 cm³/mol. The van der Waals surface area contributed by atoms with E-state index in [1.807, 2.05) is 50.3 Å². The van der Waals surface area contributed by atoms with Gasteiger partial charge < -0.3 is 14.9 Å². The van der Waals surface area contributed by atoms with Crippen LogP contribution in [0.4, 0.5) is 0 Å². The van der Waals surface area contributed by atoms with Crippen molar-refractivity contribution >= 4 is 17.8 Å². The first-order chi connectivity index (χ1) is 16.0. The summed E-state index contributed by atoms with van der Waals surface area (Å²) in [6.45, 7) is 9.82. The van der Waals surface area contributed by atoms with Gasteiger partial charge in [-0.1, -0.05) is 63.3 Å². The van der Waals surface area contributed by atoms with E-state index in [1.54, 1.807) is 13.0 Å². The van der Waals surface area contributed by atoms with Crippen molar-refractivity contribution in [2.75, 3.05) is 0 Å². The monoisotopic (exact) mass is 464 g/mol. The van der Waals surface area contributed by atoms with Crippen molar-refractivity contribution in [1.29, 1.82) is 0 Å². The fourth-order valence-corrected chi connectivity index (χ4v) is 6.08. The molecule has 0 radical (unpaired) electrons. The maximum atomic E-state index is 13.6. The number of ether oxygens (including phenoxy) is 1. The summed E-state index contributed by atoms with van der Waals surface area (Å²) in [5.41, 5.74) is 0.390. The van der Waals surface area contributed by atoms with Crippen molar-refractivity contribution in [3.05, 3.63) is 65.3 Å². The maximum Gasteiger partial charge on any atom is 0.331 e. The number of aliphatic hydroxyl groups excluding tert-OH is 1. The zero-order valence-electron chi connectivity index (χ0n) is 20.7. The zero-order valence-corrected chi connectivity index (χ0v) is 20.7. The molecule has 182 valence electrons. The summed E-state index contributed by atoms with van der Waals surface area (Å²) in [4.78, 5) is 26.4. The third kappa shape index (κ3) is 4.32. The van der Waals surface area contributed by atoms with Gasteiger partial charge >= 0.3 is 5.97 Å². The Morgan fingerprint density at radius 2 is 1.85 bits per heavy atom. The van der Waals surface area contributed by atoms with Crippen molar-refractivity contribution in [1.82, 2.24) is 0 Å². The van der Waals surface area contributed by atoms with Gasteiger partial charge in [0.1, 0.15) is 11.7 Å². The molecule has 0 amide bonds. The number of allylic oxidation sites excluding steroid dienone is 2. The molecule has 3 aliphatic rings. The maximum absolute atomic E-state index is 13.6. The Morgan fingerprint density at radius 1 is 1.18 bits per heavy atom. The van der Waals surface area contributed by atoms with Crippen LogP contribution in [0, 0.1) is 29.1 Å². The number of Topliss-reactive ketones (excluding diaryl/α,β-unsaturated/α-hetero) is 1. The largest absolute Gasteiger partial charge is 0.454 e. The summed E-state index contributed by atoms with van der Waals surface area (Å²) in [7, 11) is 0. The normalized spacial score (nSPS) is 38.7. The van der Waals surface area contributed by atoms with Gasteiger partial charge in [-0.05, 0) is 72.6 Å². The summed E-state index contributed by atoms with van der Waals surface area (Å²) in [6.07, 6.45) is 6.09. The van der Waals surface area contributed by atoms with Crippen molar-refractivity contribution in [2.24, 2.45) is 29.1 Å². The van der Waals surface area contributed by atoms with Gasteiger partial charge in [0.05, 0.1) is 12.0 Å². The highest BCUT2D eigenvalue weighted by Crippen LogP contribution is 2.61. The van der Waals surface area contributed by atoms with Crippen LogP contribution in [0.2, 0.25) is 0 Å². The summed E-state index contributed by atoms with van der Waals surface area (Å²) < 4.78 is 5.89. The molecule has 5 nitrogen and oxygen atoms in total. The minimum absolute atomic E-state index is 0.0621. The van der Waals surface area contributed by atoms with Gasteiger partial charge in [-0.15, -0.1) is 0 Å². The molecule has 2 N–H and O–H groups in total. The average molecular weight is 465 g/mol. The number of carbonyl (C=O) groups excluding carboxylic acids is 2. The number of aliphatic hydroxyl groups is 2. The predicted octanol–water partition coefficient (Wildman–Crippen LogP) is 4.50. The van der Waals surface area contributed by atoms with Crippen LogP contribution in [0.5, 0.6) is 0 Å². The van der Waals surface area contributed by atoms with E-state index in [0.717, 1.165) is 17.6 Å². The van der Waals surface area contributed by atoms with Crippen LogP contribution in [0.3, 0.4) is 0 Å². The molecule has 0 aromatic heterocycles. The van der Waals surface area contributed by atoms with E-state index in [1.165, 1.54) is 6.08 Å². The molecule has 4 rings (SSSR count). The van der Waals surface area contributed by atoms with Crippen LogP contribution >= 0.6 is 0 Å². The summed E-state index contributed by atoms with van der Waals surface area (Å²) in [5, 5.41) is 22.9. The van der Waals surface area contributed by atoms with E-state index in [9.17, 15) is 19.8 Å². The molecular formula is C29H36O5. The third-order valence-electron chi connectivity index (χ3n) is 8.38. The molecule has 7 atom stereocenters. The number of hydrogen-bond donors (Lipinski definition) is 2. The molecule has 1 aromatic carbocycles. The van der Waals surface area contributed by atoms with Crippen LogP contribution in [-0.4, -0.2) is 39.8 Å². The molecule has 1 aromatic rings. The quantitative estimate of drug-likeness (QED) is 0.391. The average Bonchev–Trinajstić information content (AvgIpc) is 3.22.